The van der Waals surface area contributed by atoms with Crippen LogP contribution in [0.5, 0.6) is 0 Å². The molecule has 0 atom stereocenters. The van der Waals surface area contributed by atoms with E-state index < -0.39 is 0 Å². The second-order valence-electron chi connectivity index (χ2n) is 3.13. The Hall–Kier alpha value is -1.15. The average molecular weight is 194 g/mol. The van der Waals surface area contributed by atoms with Crippen molar-refractivity contribution in [2.24, 2.45) is 5.92 Å². The fourth-order valence-electron chi connectivity index (χ4n) is 0.767. The molecule has 1 aliphatic carbocycles. The molecular formula is C12H18O2. The first-order valence-electron chi connectivity index (χ1n) is 4.74. The van der Waals surface area contributed by atoms with Gasteiger partial charge < -0.3 is 9.90 Å². The number of hydrogen-bond acceptors (Lipinski definition) is 2. The Morgan fingerprint density at radius 1 is 1.21 bits per heavy atom. The Balaban J connectivity index is 0.000000213. The van der Waals surface area contributed by atoms with E-state index >= 15 is 0 Å². The maximum absolute atomic E-state index is 9.57. The summed E-state index contributed by atoms with van der Waals surface area (Å²) in [6.45, 7) is 2.08. The first kappa shape index (κ1) is 12.8. The van der Waals surface area contributed by atoms with Crippen LogP contribution in [0.15, 0.2) is 30.3 Å². The van der Waals surface area contributed by atoms with Crippen molar-refractivity contribution in [3.63, 3.8) is 0 Å². The van der Waals surface area contributed by atoms with Crippen molar-refractivity contribution in [3.05, 3.63) is 35.9 Å². The summed E-state index contributed by atoms with van der Waals surface area (Å²) in [5, 5.41) is 7.00. The van der Waals surface area contributed by atoms with Gasteiger partial charge in [0, 0.05) is 13.0 Å². The van der Waals surface area contributed by atoms with Gasteiger partial charge in [-0.05, 0) is 19.8 Å². The molecule has 0 heterocycles. The van der Waals surface area contributed by atoms with Gasteiger partial charge in [0.05, 0.1) is 0 Å². The number of benzene rings is 1. The summed E-state index contributed by atoms with van der Waals surface area (Å²) in [4.78, 5) is 9.57. The summed E-state index contributed by atoms with van der Waals surface area (Å²) in [5.41, 5.74) is 1.32. The van der Waals surface area contributed by atoms with Crippen molar-refractivity contribution >= 4 is 6.29 Å². The number of aliphatic hydroxyl groups excluding tert-OH is 1. The zero-order chi connectivity index (χ0) is 10.8. The molecule has 78 valence electrons. The number of carbonyl (C=O) groups is 1. The number of aryl methyl sites for hydroxylation is 1. The average Bonchev–Trinajstić information content (AvgIpc) is 3.06. The lowest BCUT2D eigenvalue weighted by Crippen LogP contribution is -1.66. The third kappa shape index (κ3) is 7.50. The Kier molecular flexibility index (Phi) is 7.75. The monoisotopic (exact) mass is 194 g/mol. The standard InChI is InChI=1S/C7H8.C4H6O.CH4O/c1-7-5-3-2-4-6-7;5-3-4-1-2-4;1-2/h2-6H,1H3;3-4H,1-2H2;2H,1H3. The molecule has 1 aromatic rings. The molecule has 2 rings (SSSR count). The van der Waals surface area contributed by atoms with Crippen LogP contribution in [0.25, 0.3) is 0 Å². The molecule has 0 spiro atoms. The van der Waals surface area contributed by atoms with Crippen LogP contribution in [0.2, 0.25) is 0 Å². The highest BCUT2D eigenvalue weighted by Gasteiger charge is 2.18. The molecule has 14 heavy (non-hydrogen) atoms. The number of aldehydes is 1. The second kappa shape index (κ2) is 8.45. The van der Waals surface area contributed by atoms with Crippen molar-refractivity contribution in [1.29, 1.82) is 0 Å². The molecule has 1 fully saturated rings. The Labute approximate surface area is 85.6 Å². The number of hydrogen-bond donors (Lipinski definition) is 1. The van der Waals surface area contributed by atoms with Crippen LogP contribution < -0.4 is 0 Å². The van der Waals surface area contributed by atoms with Gasteiger partial charge in [-0.2, -0.15) is 0 Å². The van der Waals surface area contributed by atoms with E-state index in [9.17, 15) is 4.79 Å². The third-order valence-electron chi connectivity index (χ3n) is 1.75. The smallest absolute Gasteiger partial charge is 0.123 e. The summed E-state index contributed by atoms with van der Waals surface area (Å²) in [6.07, 6.45) is 3.31. The minimum Gasteiger partial charge on any atom is -0.400 e. The van der Waals surface area contributed by atoms with Gasteiger partial charge in [0.2, 0.25) is 0 Å². The highest BCUT2D eigenvalue weighted by molar-refractivity contribution is 5.56. The van der Waals surface area contributed by atoms with Gasteiger partial charge in [-0.3, -0.25) is 0 Å². The van der Waals surface area contributed by atoms with Crippen molar-refractivity contribution in [2.75, 3.05) is 7.11 Å². The minimum absolute atomic E-state index is 0.454. The normalized spacial score (nSPS) is 12.8. The highest BCUT2D eigenvalue weighted by atomic mass is 16.2. The summed E-state index contributed by atoms with van der Waals surface area (Å²) >= 11 is 0. The Morgan fingerprint density at radius 2 is 1.71 bits per heavy atom. The minimum atomic E-state index is 0.454. The molecule has 0 saturated heterocycles. The summed E-state index contributed by atoms with van der Waals surface area (Å²) in [6, 6.07) is 10.3. The number of rotatable bonds is 1. The van der Waals surface area contributed by atoms with E-state index in [1.165, 1.54) is 5.56 Å². The van der Waals surface area contributed by atoms with Gasteiger partial charge in [-0.15, -0.1) is 0 Å². The molecule has 0 radical (unpaired) electrons. The zero-order valence-corrected chi connectivity index (χ0v) is 8.81. The Morgan fingerprint density at radius 3 is 1.86 bits per heavy atom. The predicted molar refractivity (Wildman–Crippen MR) is 58.1 cm³/mol. The lowest BCUT2D eigenvalue weighted by molar-refractivity contribution is -0.108. The van der Waals surface area contributed by atoms with Crippen LogP contribution in [0.1, 0.15) is 18.4 Å². The number of aliphatic hydroxyl groups is 1. The van der Waals surface area contributed by atoms with Gasteiger partial charge >= 0.3 is 0 Å². The van der Waals surface area contributed by atoms with Gasteiger partial charge in [0.25, 0.3) is 0 Å². The predicted octanol–water partition coefficient (Wildman–Crippen LogP) is 2.20. The molecule has 1 aromatic carbocycles. The van der Waals surface area contributed by atoms with Crippen molar-refractivity contribution in [1.82, 2.24) is 0 Å². The molecule has 0 aromatic heterocycles. The maximum Gasteiger partial charge on any atom is 0.123 e. The second-order valence-corrected chi connectivity index (χ2v) is 3.13. The first-order valence-corrected chi connectivity index (χ1v) is 4.74. The van der Waals surface area contributed by atoms with Gasteiger partial charge in [0.1, 0.15) is 6.29 Å². The van der Waals surface area contributed by atoms with Gasteiger partial charge in [-0.25, -0.2) is 0 Å². The van der Waals surface area contributed by atoms with Crippen LogP contribution in [-0.4, -0.2) is 18.5 Å². The molecule has 1 saturated carbocycles. The van der Waals surface area contributed by atoms with Crippen molar-refractivity contribution in [2.45, 2.75) is 19.8 Å². The van der Waals surface area contributed by atoms with Crippen molar-refractivity contribution in [3.8, 4) is 0 Å². The number of carbonyl (C=O) groups excluding carboxylic acids is 1. The van der Waals surface area contributed by atoms with Gasteiger partial charge in [-0.1, -0.05) is 35.9 Å². The van der Waals surface area contributed by atoms with E-state index in [2.05, 4.69) is 19.1 Å². The molecule has 0 unspecified atom stereocenters. The molecule has 2 nitrogen and oxygen atoms in total. The molecule has 2 heteroatoms. The molecular weight excluding hydrogens is 176 g/mol. The largest absolute Gasteiger partial charge is 0.400 e. The van der Waals surface area contributed by atoms with Crippen LogP contribution in [-0.2, 0) is 4.79 Å². The van der Waals surface area contributed by atoms with Gasteiger partial charge in [0.15, 0.2) is 0 Å². The quantitative estimate of drug-likeness (QED) is 0.696. The van der Waals surface area contributed by atoms with Crippen LogP contribution in [0.4, 0.5) is 0 Å². The molecule has 0 aliphatic heterocycles. The van der Waals surface area contributed by atoms with E-state index in [0.29, 0.717) is 5.92 Å². The zero-order valence-electron chi connectivity index (χ0n) is 8.81. The fraction of sp³-hybridized carbons (Fsp3) is 0.417. The first-order chi connectivity index (χ1) is 6.83. The van der Waals surface area contributed by atoms with Crippen LogP contribution in [0.3, 0.4) is 0 Å². The third-order valence-corrected chi connectivity index (χ3v) is 1.75. The summed E-state index contributed by atoms with van der Waals surface area (Å²) in [7, 11) is 1.00. The summed E-state index contributed by atoms with van der Waals surface area (Å²) in [5.74, 6) is 0.454. The summed E-state index contributed by atoms with van der Waals surface area (Å²) < 4.78 is 0. The lowest BCUT2D eigenvalue weighted by Gasteiger charge is -1.82. The van der Waals surface area contributed by atoms with E-state index in [-0.39, 0.29) is 0 Å². The SMILES string of the molecule is CO.Cc1ccccc1.O=CC1CC1. The van der Waals surface area contributed by atoms with E-state index in [0.717, 1.165) is 26.2 Å². The van der Waals surface area contributed by atoms with Crippen LogP contribution >= 0.6 is 0 Å². The van der Waals surface area contributed by atoms with E-state index in [1.54, 1.807) is 0 Å². The molecule has 0 bridgehead atoms. The van der Waals surface area contributed by atoms with Crippen LogP contribution in [0, 0.1) is 12.8 Å². The topological polar surface area (TPSA) is 37.3 Å². The molecule has 1 aliphatic rings. The van der Waals surface area contributed by atoms with E-state index in [4.69, 9.17) is 5.11 Å². The van der Waals surface area contributed by atoms with Crippen molar-refractivity contribution < 1.29 is 9.90 Å². The Bertz CT molecular complexity index is 227. The van der Waals surface area contributed by atoms with E-state index in [1.807, 2.05) is 18.2 Å². The maximum atomic E-state index is 9.57. The highest BCUT2D eigenvalue weighted by Crippen LogP contribution is 2.25. The molecule has 0 amide bonds. The molecule has 1 N–H and O–H groups in total. The fourth-order valence-corrected chi connectivity index (χ4v) is 0.767. The lowest BCUT2D eigenvalue weighted by atomic mass is 10.2.